The fourth-order valence-corrected chi connectivity index (χ4v) is 4.81. The van der Waals surface area contributed by atoms with Crippen LogP contribution in [0.4, 0.5) is 5.13 Å². The largest absolute Gasteiger partial charge is 0.494 e. The van der Waals surface area contributed by atoms with Crippen LogP contribution in [0.15, 0.2) is 12.1 Å². The number of nitrogens with zero attached hydrogens (tertiary/aromatic N) is 4. The monoisotopic (exact) mass is 424 g/mol. The van der Waals surface area contributed by atoms with Gasteiger partial charge in [0.2, 0.25) is 0 Å². The van der Waals surface area contributed by atoms with Crippen molar-refractivity contribution in [2.45, 2.75) is 13.8 Å². The first-order valence-electron chi connectivity index (χ1n) is 8.35. The number of hydrogen-bond donors (Lipinski definition) is 0. The minimum atomic E-state index is -0.0888. The molecular weight excluding hydrogens is 404 g/mol. The van der Waals surface area contributed by atoms with E-state index < -0.39 is 0 Å². The Labute approximate surface area is 171 Å². The van der Waals surface area contributed by atoms with Crippen molar-refractivity contribution in [3.8, 4) is 5.75 Å². The van der Waals surface area contributed by atoms with E-state index in [-0.39, 0.29) is 5.91 Å². The third kappa shape index (κ3) is 4.08. The summed E-state index contributed by atoms with van der Waals surface area (Å²) >= 11 is 9.16. The number of anilines is 1. The number of ether oxygens (including phenoxy) is 1. The number of methoxy groups -OCH3 is 1. The molecule has 0 aliphatic carbocycles. The Morgan fingerprint density at radius 2 is 1.93 bits per heavy atom. The molecule has 0 unspecified atom stereocenters. The van der Waals surface area contributed by atoms with Gasteiger partial charge in [0.15, 0.2) is 5.13 Å². The van der Waals surface area contributed by atoms with Gasteiger partial charge in [0.1, 0.15) is 16.1 Å². The Morgan fingerprint density at radius 1 is 1.19 bits per heavy atom. The number of hydrogen-bond acceptors (Lipinski definition) is 7. The van der Waals surface area contributed by atoms with E-state index in [9.17, 15) is 4.79 Å². The Bertz CT molecular complexity index is 983. The summed E-state index contributed by atoms with van der Waals surface area (Å²) in [7, 11) is 5.55. The first-order valence-corrected chi connectivity index (χ1v) is 10.4. The SMILES string of the molecule is COc1ccc(Cl)c2sc(N(CCN(C)C)C(=O)c3sc(C)nc3C)nc12. The second-order valence-electron chi connectivity index (χ2n) is 6.33. The molecule has 1 aromatic carbocycles. The van der Waals surface area contributed by atoms with Crippen LogP contribution in [0.3, 0.4) is 0 Å². The molecule has 1 amide bonds. The van der Waals surface area contributed by atoms with Crippen LogP contribution in [-0.2, 0) is 0 Å². The lowest BCUT2D eigenvalue weighted by Crippen LogP contribution is -2.36. The highest BCUT2D eigenvalue weighted by molar-refractivity contribution is 7.23. The fourth-order valence-electron chi connectivity index (χ4n) is 2.66. The number of amides is 1. The lowest BCUT2D eigenvalue weighted by Gasteiger charge is -2.21. The second-order valence-corrected chi connectivity index (χ2v) is 8.92. The van der Waals surface area contributed by atoms with Gasteiger partial charge >= 0.3 is 0 Å². The summed E-state index contributed by atoms with van der Waals surface area (Å²) in [5.41, 5.74) is 1.42. The van der Waals surface area contributed by atoms with Crippen LogP contribution in [0, 0.1) is 13.8 Å². The van der Waals surface area contributed by atoms with E-state index in [0.29, 0.717) is 39.4 Å². The van der Waals surface area contributed by atoms with Crippen LogP contribution in [-0.4, -0.2) is 55.1 Å². The maximum Gasteiger partial charge on any atom is 0.272 e. The summed E-state index contributed by atoms with van der Waals surface area (Å²) in [5.74, 6) is 0.552. The molecule has 0 aliphatic rings. The fraction of sp³-hybridized carbons (Fsp3) is 0.389. The van der Waals surface area contributed by atoms with Crippen LogP contribution in [0.1, 0.15) is 20.4 Å². The van der Waals surface area contributed by atoms with E-state index in [0.717, 1.165) is 15.4 Å². The summed E-state index contributed by atoms with van der Waals surface area (Å²) in [4.78, 5) is 26.7. The zero-order valence-electron chi connectivity index (χ0n) is 15.9. The predicted molar refractivity (Wildman–Crippen MR) is 113 cm³/mol. The highest BCUT2D eigenvalue weighted by atomic mass is 35.5. The molecule has 0 atom stereocenters. The predicted octanol–water partition coefficient (Wildman–Crippen LogP) is 4.24. The molecule has 3 aromatic rings. The lowest BCUT2D eigenvalue weighted by molar-refractivity contribution is 0.0988. The number of rotatable bonds is 6. The van der Waals surface area contributed by atoms with E-state index in [1.54, 1.807) is 24.1 Å². The number of carbonyl (C=O) groups excluding carboxylic acids is 1. The number of carbonyl (C=O) groups is 1. The number of fused-ring (bicyclic) bond motifs is 1. The maximum atomic E-state index is 13.3. The molecule has 0 N–H and O–H groups in total. The van der Waals surface area contributed by atoms with Gasteiger partial charge in [0, 0.05) is 13.1 Å². The van der Waals surface area contributed by atoms with Crippen molar-refractivity contribution < 1.29 is 9.53 Å². The van der Waals surface area contributed by atoms with Gasteiger partial charge in [-0.15, -0.1) is 11.3 Å². The molecule has 0 radical (unpaired) electrons. The molecule has 0 spiro atoms. The Balaban J connectivity index is 2.08. The molecule has 144 valence electrons. The van der Waals surface area contributed by atoms with Gasteiger partial charge in [-0.1, -0.05) is 22.9 Å². The molecule has 27 heavy (non-hydrogen) atoms. The summed E-state index contributed by atoms with van der Waals surface area (Å²) in [6.45, 7) is 4.99. The van der Waals surface area contributed by atoms with Crippen molar-refractivity contribution in [1.82, 2.24) is 14.9 Å². The summed E-state index contributed by atoms with van der Waals surface area (Å²) in [5, 5.41) is 2.07. The van der Waals surface area contributed by atoms with E-state index in [1.807, 2.05) is 32.8 Å². The van der Waals surface area contributed by atoms with Gasteiger partial charge in [-0.3, -0.25) is 9.69 Å². The molecule has 0 saturated heterocycles. The molecule has 0 fully saturated rings. The quantitative estimate of drug-likeness (QED) is 0.592. The van der Waals surface area contributed by atoms with E-state index in [1.165, 1.54) is 22.7 Å². The zero-order chi connectivity index (χ0) is 19.7. The smallest absolute Gasteiger partial charge is 0.272 e. The Morgan fingerprint density at radius 3 is 2.52 bits per heavy atom. The van der Waals surface area contributed by atoms with Crippen molar-refractivity contribution in [2.24, 2.45) is 0 Å². The second kappa shape index (κ2) is 8.10. The van der Waals surface area contributed by atoms with Gasteiger partial charge in [0.05, 0.1) is 27.5 Å². The zero-order valence-corrected chi connectivity index (χ0v) is 18.3. The molecule has 0 aliphatic heterocycles. The van der Waals surface area contributed by atoms with Crippen LogP contribution < -0.4 is 9.64 Å². The molecule has 0 saturated carbocycles. The standard InChI is InChI=1S/C18H21ClN4O2S2/c1-10-15(26-11(2)20-10)17(24)23(9-8-22(3)4)18-21-14-13(25-5)7-6-12(19)16(14)27-18/h6-7H,8-9H2,1-5H3. The van der Waals surface area contributed by atoms with E-state index in [4.69, 9.17) is 16.3 Å². The number of thiazole rings is 2. The number of benzene rings is 1. The highest BCUT2D eigenvalue weighted by Gasteiger charge is 2.26. The maximum absolute atomic E-state index is 13.3. The molecule has 3 rings (SSSR count). The Hall–Kier alpha value is -1.74. The molecule has 0 bridgehead atoms. The highest BCUT2D eigenvalue weighted by Crippen LogP contribution is 2.39. The number of halogens is 1. The van der Waals surface area contributed by atoms with Gasteiger partial charge < -0.3 is 9.64 Å². The first-order chi connectivity index (χ1) is 12.8. The third-order valence-electron chi connectivity index (χ3n) is 4.01. The van der Waals surface area contributed by atoms with Gasteiger partial charge in [-0.2, -0.15) is 0 Å². The van der Waals surface area contributed by atoms with Crippen LogP contribution >= 0.6 is 34.3 Å². The molecule has 9 heteroatoms. The number of likely N-dealkylation sites (N-methyl/N-ethyl adjacent to an activating group) is 1. The summed E-state index contributed by atoms with van der Waals surface area (Å²) in [6, 6.07) is 3.57. The van der Waals surface area contributed by atoms with Gasteiger partial charge in [-0.05, 0) is 40.1 Å². The minimum Gasteiger partial charge on any atom is -0.494 e. The minimum absolute atomic E-state index is 0.0888. The van der Waals surface area contributed by atoms with Crippen LogP contribution in [0.5, 0.6) is 5.75 Å². The van der Waals surface area contributed by atoms with Crippen LogP contribution in [0.25, 0.3) is 10.2 Å². The van der Waals surface area contributed by atoms with E-state index >= 15 is 0 Å². The first kappa shape index (κ1) is 20.0. The summed E-state index contributed by atoms with van der Waals surface area (Å²) < 4.78 is 6.22. The molecular formula is C18H21ClN4O2S2. The van der Waals surface area contributed by atoms with Crippen molar-refractivity contribution in [3.05, 3.63) is 32.7 Å². The average Bonchev–Trinajstić information content (AvgIpc) is 3.19. The normalized spacial score (nSPS) is 11.4. The van der Waals surface area contributed by atoms with Crippen LogP contribution in [0.2, 0.25) is 5.02 Å². The van der Waals surface area contributed by atoms with E-state index in [2.05, 4.69) is 9.97 Å². The summed E-state index contributed by atoms with van der Waals surface area (Å²) in [6.07, 6.45) is 0. The molecule has 2 aromatic heterocycles. The molecule has 2 heterocycles. The van der Waals surface area contributed by atoms with Gasteiger partial charge in [0.25, 0.3) is 5.91 Å². The third-order valence-corrected chi connectivity index (χ3v) is 6.61. The average molecular weight is 425 g/mol. The van der Waals surface area contributed by atoms with Gasteiger partial charge in [-0.25, -0.2) is 9.97 Å². The van der Waals surface area contributed by atoms with Crippen molar-refractivity contribution in [1.29, 1.82) is 0 Å². The van der Waals surface area contributed by atoms with Crippen molar-refractivity contribution in [2.75, 3.05) is 39.2 Å². The topological polar surface area (TPSA) is 58.6 Å². The van der Waals surface area contributed by atoms with Crippen molar-refractivity contribution in [3.63, 3.8) is 0 Å². The van der Waals surface area contributed by atoms with Crippen molar-refractivity contribution >= 4 is 55.5 Å². The Kier molecular flexibility index (Phi) is 6.00. The molecule has 6 nitrogen and oxygen atoms in total. The number of aryl methyl sites for hydroxylation is 2. The lowest BCUT2D eigenvalue weighted by atomic mass is 10.3. The number of aromatic nitrogens is 2.